The van der Waals surface area contributed by atoms with E-state index >= 15 is 0 Å². The first-order valence-electron chi connectivity index (χ1n) is 9.95. The lowest BCUT2D eigenvalue weighted by atomic mass is 9.99. The van der Waals surface area contributed by atoms with Crippen LogP contribution in [0.1, 0.15) is 22.3 Å². The molecule has 5 heteroatoms. The van der Waals surface area contributed by atoms with Crippen molar-refractivity contribution in [3.63, 3.8) is 0 Å². The van der Waals surface area contributed by atoms with Crippen LogP contribution in [0, 0.1) is 0 Å². The summed E-state index contributed by atoms with van der Waals surface area (Å²) in [6.07, 6.45) is 1.33. The maximum atomic E-state index is 12.8. The Bertz CT molecular complexity index is 960. The summed E-state index contributed by atoms with van der Waals surface area (Å²) in [6, 6.07) is 26.2. The van der Waals surface area contributed by atoms with E-state index in [9.17, 15) is 14.7 Å². The molecule has 3 aromatic rings. The van der Waals surface area contributed by atoms with Crippen molar-refractivity contribution in [2.24, 2.45) is 0 Å². The molecular formula is C25H25NO3S. The molecule has 0 spiro atoms. The molecule has 1 amide bonds. The van der Waals surface area contributed by atoms with E-state index < -0.39 is 12.0 Å². The average molecular weight is 420 g/mol. The van der Waals surface area contributed by atoms with E-state index in [1.54, 1.807) is 23.9 Å². The van der Waals surface area contributed by atoms with Crippen LogP contribution in [-0.4, -0.2) is 34.5 Å². The Morgan fingerprint density at radius 3 is 2.17 bits per heavy atom. The van der Waals surface area contributed by atoms with Gasteiger partial charge in [0.2, 0.25) is 0 Å². The van der Waals surface area contributed by atoms with E-state index in [1.165, 1.54) is 5.56 Å². The van der Waals surface area contributed by atoms with Crippen LogP contribution in [0.4, 0.5) is 0 Å². The van der Waals surface area contributed by atoms with E-state index in [4.69, 9.17) is 0 Å². The molecule has 0 aromatic heterocycles. The van der Waals surface area contributed by atoms with Crippen LogP contribution in [0.15, 0.2) is 84.9 Å². The van der Waals surface area contributed by atoms with Crippen LogP contribution in [0.5, 0.6) is 0 Å². The first-order chi connectivity index (χ1) is 14.6. The van der Waals surface area contributed by atoms with Crippen LogP contribution in [0.25, 0.3) is 11.1 Å². The van der Waals surface area contributed by atoms with Gasteiger partial charge in [-0.25, -0.2) is 4.79 Å². The van der Waals surface area contributed by atoms with Crippen LogP contribution in [0.2, 0.25) is 0 Å². The van der Waals surface area contributed by atoms with Gasteiger partial charge in [0.05, 0.1) is 0 Å². The van der Waals surface area contributed by atoms with Gasteiger partial charge >= 0.3 is 5.97 Å². The Labute approximate surface area is 181 Å². The molecule has 0 aliphatic carbocycles. The van der Waals surface area contributed by atoms with E-state index in [2.05, 4.69) is 17.4 Å². The number of hydrogen-bond donors (Lipinski definition) is 2. The molecule has 3 rings (SSSR count). The summed E-state index contributed by atoms with van der Waals surface area (Å²) in [5.41, 5.74) is 3.46. The van der Waals surface area contributed by atoms with Gasteiger partial charge in [0.1, 0.15) is 6.04 Å². The molecular weight excluding hydrogens is 394 g/mol. The lowest BCUT2D eigenvalue weighted by Gasteiger charge is -2.16. The highest BCUT2D eigenvalue weighted by atomic mass is 32.2. The largest absolute Gasteiger partial charge is 0.480 e. The van der Waals surface area contributed by atoms with Gasteiger partial charge in [0.15, 0.2) is 0 Å². The van der Waals surface area contributed by atoms with Crippen LogP contribution in [-0.2, 0) is 11.2 Å². The molecule has 0 saturated carbocycles. The molecule has 1 atom stereocenters. The van der Waals surface area contributed by atoms with E-state index in [-0.39, 0.29) is 5.91 Å². The van der Waals surface area contributed by atoms with Crippen molar-refractivity contribution in [1.29, 1.82) is 0 Å². The predicted molar refractivity (Wildman–Crippen MR) is 123 cm³/mol. The van der Waals surface area contributed by atoms with Gasteiger partial charge in [0.25, 0.3) is 5.91 Å². The highest BCUT2D eigenvalue weighted by molar-refractivity contribution is 7.99. The lowest BCUT2D eigenvalue weighted by molar-refractivity contribution is -0.139. The zero-order chi connectivity index (χ0) is 21.2. The van der Waals surface area contributed by atoms with Crippen molar-refractivity contribution in [2.75, 3.05) is 11.5 Å². The molecule has 0 saturated heterocycles. The highest BCUT2D eigenvalue weighted by Crippen LogP contribution is 2.23. The molecule has 0 fully saturated rings. The number of aliphatic carboxylic acids is 1. The van der Waals surface area contributed by atoms with Crippen molar-refractivity contribution in [2.45, 2.75) is 18.9 Å². The highest BCUT2D eigenvalue weighted by Gasteiger charge is 2.22. The third kappa shape index (κ3) is 6.22. The number of carbonyl (C=O) groups excluding carboxylic acids is 1. The number of carboxylic acid groups (broad SMARTS) is 1. The van der Waals surface area contributed by atoms with E-state index in [1.807, 2.05) is 60.7 Å². The molecule has 3 aromatic carbocycles. The predicted octanol–water partition coefficient (Wildman–Crippen LogP) is 4.90. The number of benzene rings is 3. The van der Waals surface area contributed by atoms with Gasteiger partial charge in [-0.05, 0) is 47.1 Å². The third-order valence-electron chi connectivity index (χ3n) is 4.79. The van der Waals surface area contributed by atoms with Gasteiger partial charge in [-0.15, -0.1) is 0 Å². The molecule has 4 nitrogen and oxygen atoms in total. The smallest absolute Gasteiger partial charge is 0.326 e. The molecule has 0 aliphatic rings. The fraction of sp³-hybridized carbons (Fsp3) is 0.200. The Morgan fingerprint density at radius 2 is 1.47 bits per heavy atom. The maximum absolute atomic E-state index is 12.8. The van der Waals surface area contributed by atoms with Crippen LogP contribution >= 0.6 is 11.8 Å². The summed E-state index contributed by atoms with van der Waals surface area (Å²) in [5, 5.41) is 12.3. The minimum absolute atomic E-state index is 0.365. The summed E-state index contributed by atoms with van der Waals surface area (Å²) in [7, 11) is 0. The van der Waals surface area contributed by atoms with Crippen molar-refractivity contribution >= 4 is 23.6 Å². The fourth-order valence-corrected chi connectivity index (χ4v) is 4.17. The Balaban J connectivity index is 1.56. The van der Waals surface area contributed by atoms with Crippen molar-refractivity contribution < 1.29 is 14.7 Å². The monoisotopic (exact) mass is 419 g/mol. The van der Waals surface area contributed by atoms with Crippen LogP contribution in [0.3, 0.4) is 0 Å². The van der Waals surface area contributed by atoms with E-state index in [0.29, 0.717) is 17.7 Å². The lowest BCUT2D eigenvalue weighted by Crippen LogP contribution is -2.41. The molecule has 0 unspecified atom stereocenters. The molecule has 0 heterocycles. The fourth-order valence-electron chi connectivity index (χ4n) is 3.18. The molecule has 0 bridgehead atoms. The standard InChI is InChI=1S/C25H25NO3S/c27-24(22-14-8-7-13-21(22)20-11-5-2-6-12-20)26-23(25(28)29)16-18-30-17-15-19-9-3-1-4-10-19/h1-14,23H,15-18H2,(H,26,27)(H,28,29)/t23-/m0/s1. The number of carboxylic acids is 1. The number of carbonyl (C=O) groups is 2. The summed E-state index contributed by atoms with van der Waals surface area (Å²) < 4.78 is 0. The second kappa shape index (κ2) is 11.2. The zero-order valence-corrected chi connectivity index (χ0v) is 17.5. The Hall–Kier alpha value is -3.05. The maximum Gasteiger partial charge on any atom is 0.326 e. The Morgan fingerprint density at radius 1 is 0.833 bits per heavy atom. The topological polar surface area (TPSA) is 66.4 Å². The summed E-state index contributed by atoms with van der Waals surface area (Å²) in [5.74, 6) is 0.214. The van der Waals surface area contributed by atoms with Gasteiger partial charge in [-0.2, -0.15) is 11.8 Å². The average Bonchev–Trinajstić information content (AvgIpc) is 2.79. The van der Waals surface area contributed by atoms with Crippen molar-refractivity contribution in [3.8, 4) is 11.1 Å². The van der Waals surface area contributed by atoms with Gasteiger partial charge in [-0.3, -0.25) is 4.79 Å². The third-order valence-corrected chi connectivity index (χ3v) is 5.81. The van der Waals surface area contributed by atoms with Crippen LogP contribution < -0.4 is 5.32 Å². The summed E-state index contributed by atoms with van der Waals surface area (Å²) in [4.78, 5) is 24.5. The zero-order valence-electron chi connectivity index (χ0n) is 16.7. The number of aryl methyl sites for hydroxylation is 1. The number of amides is 1. The normalized spacial score (nSPS) is 11.6. The summed E-state index contributed by atoms with van der Waals surface area (Å²) in [6.45, 7) is 0. The number of thioether (sulfide) groups is 1. The van der Waals surface area contributed by atoms with Crippen molar-refractivity contribution in [1.82, 2.24) is 5.32 Å². The second-order valence-corrected chi connectivity index (χ2v) is 8.14. The van der Waals surface area contributed by atoms with Gasteiger partial charge in [-0.1, -0.05) is 78.9 Å². The minimum Gasteiger partial charge on any atom is -0.480 e. The SMILES string of the molecule is O=C(N[C@@H](CCSCCc1ccccc1)C(=O)O)c1ccccc1-c1ccccc1. The summed E-state index contributed by atoms with van der Waals surface area (Å²) >= 11 is 1.70. The quantitative estimate of drug-likeness (QED) is 0.459. The Kier molecular flexibility index (Phi) is 8.10. The first kappa shape index (κ1) is 21.7. The molecule has 154 valence electrons. The van der Waals surface area contributed by atoms with Gasteiger partial charge < -0.3 is 10.4 Å². The second-order valence-electron chi connectivity index (χ2n) is 6.91. The minimum atomic E-state index is -1.01. The van der Waals surface area contributed by atoms with Crippen molar-refractivity contribution in [3.05, 3.63) is 96.1 Å². The molecule has 30 heavy (non-hydrogen) atoms. The molecule has 2 N–H and O–H groups in total. The first-order valence-corrected chi connectivity index (χ1v) is 11.1. The number of hydrogen-bond acceptors (Lipinski definition) is 3. The number of rotatable bonds is 10. The van der Waals surface area contributed by atoms with Gasteiger partial charge in [0, 0.05) is 5.56 Å². The number of nitrogens with one attached hydrogen (secondary N) is 1. The van der Waals surface area contributed by atoms with E-state index in [0.717, 1.165) is 23.3 Å². The molecule has 0 radical (unpaired) electrons. The molecule has 0 aliphatic heterocycles.